The fourth-order valence-electron chi connectivity index (χ4n) is 2.12. The van der Waals surface area contributed by atoms with Gasteiger partial charge in [0, 0.05) is 5.56 Å². The van der Waals surface area contributed by atoms with Crippen LogP contribution < -0.4 is 5.32 Å². The molecule has 0 aliphatic carbocycles. The first-order valence-corrected chi connectivity index (χ1v) is 5.48. The van der Waals surface area contributed by atoms with Crippen molar-refractivity contribution in [1.29, 1.82) is 0 Å². The van der Waals surface area contributed by atoms with Gasteiger partial charge in [-0.2, -0.15) is 0 Å². The van der Waals surface area contributed by atoms with Gasteiger partial charge in [0.1, 0.15) is 17.8 Å². The summed E-state index contributed by atoms with van der Waals surface area (Å²) in [4.78, 5) is 0. The van der Waals surface area contributed by atoms with Crippen molar-refractivity contribution >= 4 is 12.4 Å². The van der Waals surface area contributed by atoms with E-state index in [1.54, 1.807) is 0 Å². The van der Waals surface area contributed by atoms with Crippen LogP contribution in [0.25, 0.3) is 0 Å². The molecule has 1 fully saturated rings. The van der Waals surface area contributed by atoms with Crippen LogP contribution in [0.5, 0.6) is 0 Å². The molecular weight excluding hydrogens is 251 g/mol. The van der Waals surface area contributed by atoms with Crippen LogP contribution >= 0.6 is 12.4 Å². The number of hydrogen-bond acceptors (Lipinski definition) is 1. The molecule has 17 heavy (non-hydrogen) atoms. The zero-order valence-electron chi connectivity index (χ0n) is 9.26. The van der Waals surface area contributed by atoms with E-state index in [4.69, 9.17) is 0 Å². The van der Waals surface area contributed by atoms with E-state index in [2.05, 4.69) is 5.32 Å². The second kappa shape index (κ2) is 6.26. The van der Waals surface area contributed by atoms with Crippen LogP contribution in [0.15, 0.2) is 18.2 Å². The standard InChI is InChI=1S/C12H14F3N.ClH/c13-9-1-2-11(14)10(7-9)12(15)8-3-5-16-6-4-8;/h1-2,7-8,12,16H,3-6H2;1H. The maximum Gasteiger partial charge on any atom is 0.131 e. The highest BCUT2D eigenvalue weighted by Gasteiger charge is 2.27. The number of halogens is 4. The summed E-state index contributed by atoms with van der Waals surface area (Å²) in [7, 11) is 0. The van der Waals surface area contributed by atoms with Gasteiger partial charge in [-0.1, -0.05) is 0 Å². The largest absolute Gasteiger partial charge is 0.317 e. The van der Waals surface area contributed by atoms with Gasteiger partial charge in [0.15, 0.2) is 0 Å². The first kappa shape index (κ1) is 14.3. The minimum absolute atomic E-state index is 0. The van der Waals surface area contributed by atoms with Gasteiger partial charge in [0.2, 0.25) is 0 Å². The molecule has 0 aromatic heterocycles. The first-order chi connectivity index (χ1) is 7.68. The fraction of sp³-hybridized carbons (Fsp3) is 0.500. The highest BCUT2D eigenvalue weighted by atomic mass is 35.5. The third-order valence-electron chi connectivity index (χ3n) is 3.05. The van der Waals surface area contributed by atoms with E-state index >= 15 is 0 Å². The van der Waals surface area contributed by atoms with Crippen molar-refractivity contribution in [3.05, 3.63) is 35.4 Å². The smallest absolute Gasteiger partial charge is 0.131 e. The number of hydrogen-bond donors (Lipinski definition) is 1. The molecule has 1 unspecified atom stereocenters. The highest BCUT2D eigenvalue weighted by Crippen LogP contribution is 2.33. The van der Waals surface area contributed by atoms with E-state index in [1.165, 1.54) is 0 Å². The van der Waals surface area contributed by atoms with Gasteiger partial charge in [0.25, 0.3) is 0 Å². The van der Waals surface area contributed by atoms with Gasteiger partial charge in [-0.3, -0.25) is 0 Å². The Labute approximate surface area is 105 Å². The molecule has 0 amide bonds. The summed E-state index contributed by atoms with van der Waals surface area (Å²) < 4.78 is 40.3. The van der Waals surface area contributed by atoms with Crippen LogP contribution in [0.2, 0.25) is 0 Å². The maximum atomic E-state index is 14.0. The van der Waals surface area contributed by atoms with Crippen molar-refractivity contribution in [1.82, 2.24) is 5.32 Å². The van der Waals surface area contributed by atoms with E-state index in [-0.39, 0.29) is 23.9 Å². The highest BCUT2D eigenvalue weighted by molar-refractivity contribution is 5.85. The number of nitrogens with one attached hydrogen (secondary N) is 1. The molecule has 1 saturated heterocycles. The molecule has 5 heteroatoms. The van der Waals surface area contributed by atoms with Gasteiger partial charge in [0.05, 0.1) is 0 Å². The van der Waals surface area contributed by atoms with Gasteiger partial charge in [-0.15, -0.1) is 12.4 Å². The molecular formula is C12H15ClF3N. The van der Waals surface area contributed by atoms with Crippen molar-refractivity contribution in [3.8, 4) is 0 Å². The predicted molar refractivity (Wildman–Crippen MR) is 63.0 cm³/mol. The van der Waals surface area contributed by atoms with E-state index in [0.29, 0.717) is 12.8 Å². The molecule has 0 radical (unpaired) electrons. The zero-order chi connectivity index (χ0) is 11.5. The predicted octanol–water partition coefficient (Wildman–Crippen LogP) is 3.40. The molecule has 96 valence electrons. The molecule has 1 aromatic rings. The monoisotopic (exact) mass is 265 g/mol. The molecule has 1 atom stereocenters. The molecule has 2 rings (SSSR count). The Bertz CT molecular complexity index is 367. The van der Waals surface area contributed by atoms with Crippen LogP contribution in [0.1, 0.15) is 24.6 Å². The lowest BCUT2D eigenvalue weighted by Crippen LogP contribution is -2.30. The Balaban J connectivity index is 0.00000144. The maximum absolute atomic E-state index is 14.0. The molecule has 1 aromatic carbocycles. The van der Waals surface area contributed by atoms with Crippen LogP contribution in [0.4, 0.5) is 13.2 Å². The summed E-state index contributed by atoms with van der Waals surface area (Å²) in [5, 5.41) is 3.11. The summed E-state index contributed by atoms with van der Waals surface area (Å²) in [6, 6.07) is 2.95. The Morgan fingerprint density at radius 3 is 2.47 bits per heavy atom. The molecule has 1 N–H and O–H groups in total. The van der Waals surface area contributed by atoms with Crippen LogP contribution in [0.3, 0.4) is 0 Å². The number of alkyl halides is 1. The SMILES string of the molecule is Cl.Fc1ccc(F)c(C(F)C2CCNCC2)c1. The molecule has 0 spiro atoms. The van der Waals surface area contributed by atoms with Gasteiger partial charge in [-0.05, 0) is 50.0 Å². The summed E-state index contributed by atoms with van der Waals surface area (Å²) in [6.07, 6.45) is -0.0772. The van der Waals surface area contributed by atoms with E-state index in [0.717, 1.165) is 31.3 Å². The molecule has 0 bridgehead atoms. The quantitative estimate of drug-likeness (QED) is 0.864. The van der Waals surface area contributed by atoms with E-state index < -0.39 is 17.8 Å². The summed E-state index contributed by atoms with van der Waals surface area (Å²) in [5.74, 6) is -1.46. The molecule has 0 saturated carbocycles. The van der Waals surface area contributed by atoms with Crippen LogP contribution in [-0.2, 0) is 0 Å². The van der Waals surface area contributed by atoms with Crippen molar-refractivity contribution in [2.24, 2.45) is 5.92 Å². The van der Waals surface area contributed by atoms with Crippen molar-refractivity contribution in [2.45, 2.75) is 19.0 Å². The Hall–Kier alpha value is -0.740. The lowest BCUT2D eigenvalue weighted by atomic mass is 9.89. The average molecular weight is 266 g/mol. The van der Waals surface area contributed by atoms with Gasteiger partial charge < -0.3 is 5.32 Å². The Morgan fingerprint density at radius 1 is 1.18 bits per heavy atom. The Kier molecular flexibility index (Phi) is 5.28. The number of benzene rings is 1. The van der Waals surface area contributed by atoms with Crippen molar-refractivity contribution in [3.63, 3.8) is 0 Å². The molecule has 1 aliphatic heterocycles. The lowest BCUT2D eigenvalue weighted by Gasteiger charge is -2.26. The third-order valence-corrected chi connectivity index (χ3v) is 3.05. The fourth-order valence-corrected chi connectivity index (χ4v) is 2.12. The topological polar surface area (TPSA) is 12.0 Å². The molecule has 1 heterocycles. The number of piperidine rings is 1. The second-order valence-electron chi connectivity index (χ2n) is 4.16. The summed E-state index contributed by atoms with van der Waals surface area (Å²) in [6.45, 7) is 1.48. The summed E-state index contributed by atoms with van der Waals surface area (Å²) in [5.41, 5.74) is -0.146. The van der Waals surface area contributed by atoms with Crippen molar-refractivity contribution < 1.29 is 13.2 Å². The number of rotatable bonds is 2. The molecule has 1 nitrogen and oxygen atoms in total. The van der Waals surface area contributed by atoms with E-state index in [1.807, 2.05) is 0 Å². The normalized spacial score (nSPS) is 18.5. The molecule has 1 aliphatic rings. The van der Waals surface area contributed by atoms with Gasteiger partial charge in [-0.25, -0.2) is 13.2 Å². The minimum atomic E-state index is -1.40. The first-order valence-electron chi connectivity index (χ1n) is 5.48. The van der Waals surface area contributed by atoms with Crippen LogP contribution in [-0.4, -0.2) is 13.1 Å². The summed E-state index contributed by atoms with van der Waals surface area (Å²) >= 11 is 0. The Morgan fingerprint density at radius 2 is 1.82 bits per heavy atom. The third kappa shape index (κ3) is 3.36. The lowest BCUT2D eigenvalue weighted by molar-refractivity contribution is 0.185. The van der Waals surface area contributed by atoms with Crippen LogP contribution in [0, 0.1) is 17.6 Å². The van der Waals surface area contributed by atoms with E-state index in [9.17, 15) is 13.2 Å². The van der Waals surface area contributed by atoms with Gasteiger partial charge >= 0.3 is 0 Å². The van der Waals surface area contributed by atoms with Crippen molar-refractivity contribution in [2.75, 3.05) is 13.1 Å². The zero-order valence-corrected chi connectivity index (χ0v) is 10.1. The minimum Gasteiger partial charge on any atom is -0.317 e. The second-order valence-corrected chi connectivity index (χ2v) is 4.16. The average Bonchev–Trinajstić information content (AvgIpc) is 2.32.